The van der Waals surface area contributed by atoms with Crippen LogP contribution in [0.2, 0.25) is 0 Å². The van der Waals surface area contributed by atoms with Crippen molar-refractivity contribution in [2.45, 2.75) is 6.10 Å². The van der Waals surface area contributed by atoms with Gasteiger partial charge in [0.05, 0.1) is 0 Å². The quantitative estimate of drug-likeness (QED) is 0.508. The molecule has 98 valence electrons. The largest absolute Gasteiger partial charge is 0.411 e. The Labute approximate surface area is 108 Å². The van der Waals surface area contributed by atoms with Crippen molar-refractivity contribution < 1.29 is 19.1 Å². The van der Waals surface area contributed by atoms with Crippen LogP contribution in [0.25, 0.3) is 0 Å². The molecular weight excluding hydrogens is 252 g/mol. The van der Waals surface area contributed by atoms with E-state index in [1.54, 1.807) is 30.3 Å². The van der Waals surface area contributed by atoms with Gasteiger partial charge in [0.2, 0.25) is 0 Å². The van der Waals surface area contributed by atoms with Crippen molar-refractivity contribution in [3.8, 4) is 0 Å². The van der Waals surface area contributed by atoms with Crippen molar-refractivity contribution in [2.75, 3.05) is 0 Å². The molecule has 2 N–H and O–H groups in total. The lowest BCUT2D eigenvalue weighted by molar-refractivity contribution is 0.235. The van der Waals surface area contributed by atoms with Gasteiger partial charge >= 0.3 is 0 Å². The summed E-state index contributed by atoms with van der Waals surface area (Å²) in [5, 5.41) is 22.1. The van der Waals surface area contributed by atoms with Gasteiger partial charge < -0.3 is 10.3 Å². The van der Waals surface area contributed by atoms with Gasteiger partial charge in [0.25, 0.3) is 0 Å². The van der Waals surface area contributed by atoms with Crippen LogP contribution >= 0.6 is 0 Å². The number of rotatable bonds is 3. The van der Waals surface area contributed by atoms with E-state index in [4.69, 9.17) is 5.21 Å². The van der Waals surface area contributed by atoms with E-state index in [1.807, 2.05) is 0 Å². The van der Waals surface area contributed by atoms with E-state index in [1.165, 1.54) is 6.07 Å². The van der Waals surface area contributed by atoms with Crippen molar-refractivity contribution in [3.05, 3.63) is 71.3 Å². The molecule has 1 atom stereocenters. The number of halogens is 2. The van der Waals surface area contributed by atoms with E-state index >= 15 is 0 Å². The molecule has 0 amide bonds. The molecule has 0 radical (unpaired) electrons. The topological polar surface area (TPSA) is 52.8 Å². The lowest BCUT2D eigenvalue weighted by atomic mass is 9.99. The highest BCUT2D eigenvalue weighted by atomic mass is 19.2. The maximum Gasteiger partial charge on any atom is 0.159 e. The maximum absolute atomic E-state index is 13.1. The Morgan fingerprint density at radius 1 is 1.00 bits per heavy atom. The Balaban J connectivity index is 2.37. The molecule has 0 aliphatic heterocycles. The van der Waals surface area contributed by atoms with Crippen LogP contribution in [0.15, 0.2) is 53.7 Å². The highest BCUT2D eigenvalue weighted by Crippen LogP contribution is 2.21. The molecule has 0 aliphatic carbocycles. The van der Waals surface area contributed by atoms with Crippen LogP contribution in [-0.2, 0) is 0 Å². The molecule has 2 rings (SSSR count). The van der Waals surface area contributed by atoms with Gasteiger partial charge in [-0.15, -0.1) is 0 Å². The first-order valence-electron chi connectivity index (χ1n) is 5.54. The molecule has 2 aromatic rings. The Morgan fingerprint density at radius 2 is 1.68 bits per heavy atom. The van der Waals surface area contributed by atoms with E-state index in [0.29, 0.717) is 5.56 Å². The second kappa shape index (κ2) is 5.58. The number of aliphatic hydroxyl groups excluding tert-OH is 1. The van der Waals surface area contributed by atoms with Crippen LogP contribution in [0.1, 0.15) is 17.2 Å². The van der Waals surface area contributed by atoms with Crippen LogP contribution < -0.4 is 0 Å². The molecule has 0 aromatic heterocycles. The van der Waals surface area contributed by atoms with Gasteiger partial charge in [-0.25, -0.2) is 8.78 Å². The molecule has 0 bridgehead atoms. The lowest BCUT2D eigenvalue weighted by Crippen LogP contribution is -2.14. The monoisotopic (exact) mass is 263 g/mol. The zero-order valence-corrected chi connectivity index (χ0v) is 9.79. The van der Waals surface area contributed by atoms with Crippen molar-refractivity contribution in [1.82, 2.24) is 0 Å². The zero-order chi connectivity index (χ0) is 13.8. The molecule has 0 saturated carbocycles. The second-order valence-corrected chi connectivity index (χ2v) is 3.93. The first-order chi connectivity index (χ1) is 9.13. The Hall–Kier alpha value is -2.27. The van der Waals surface area contributed by atoms with Gasteiger partial charge in [-0.1, -0.05) is 41.6 Å². The smallest absolute Gasteiger partial charge is 0.159 e. The third kappa shape index (κ3) is 2.77. The number of hydrogen-bond donors (Lipinski definition) is 2. The Bertz CT molecular complexity index is 600. The van der Waals surface area contributed by atoms with Gasteiger partial charge in [-0.05, 0) is 17.7 Å². The summed E-state index contributed by atoms with van der Waals surface area (Å²) in [5.41, 5.74) is 0.560. The summed E-state index contributed by atoms with van der Waals surface area (Å²) in [5.74, 6) is -2.07. The lowest BCUT2D eigenvalue weighted by Gasteiger charge is -2.13. The van der Waals surface area contributed by atoms with Crippen LogP contribution in [-0.4, -0.2) is 16.0 Å². The zero-order valence-electron chi connectivity index (χ0n) is 9.79. The minimum Gasteiger partial charge on any atom is -0.411 e. The van der Waals surface area contributed by atoms with Gasteiger partial charge in [0.15, 0.2) is 11.6 Å². The first kappa shape index (κ1) is 13.2. The fourth-order valence-corrected chi connectivity index (χ4v) is 1.72. The summed E-state index contributed by atoms with van der Waals surface area (Å²) in [6, 6.07) is 11.5. The minimum atomic E-state index is -1.34. The van der Waals surface area contributed by atoms with E-state index < -0.39 is 17.7 Å². The summed E-state index contributed by atoms with van der Waals surface area (Å²) in [6.45, 7) is 0. The fraction of sp³-hybridized carbons (Fsp3) is 0.0714. The summed E-state index contributed by atoms with van der Waals surface area (Å²) >= 11 is 0. The molecule has 0 saturated heterocycles. The van der Waals surface area contributed by atoms with Crippen LogP contribution in [0, 0.1) is 11.6 Å². The van der Waals surface area contributed by atoms with Gasteiger partial charge in [0, 0.05) is 5.56 Å². The molecule has 3 nitrogen and oxygen atoms in total. The minimum absolute atomic E-state index is 0.0355. The molecule has 0 heterocycles. The van der Waals surface area contributed by atoms with Crippen molar-refractivity contribution in [3.63, 3.8) is 0 Å². The number of nitrogens with zero attached hydrogens (tertiary/aromatic N) is 1. The van der Waals surface area contributed by atoms with Crippen LogP contribution in [0.4, 0.5) is 8.78 Å². The molecule has 2 aromatic carbocycles. The fourth-order valence-electron chi connectivity index (χ4n) is 1.72. The normalized spacial score (nSPS) is 13.3. The Kier molecular flexibility index (Phi) is 3.87. The number of aliphatic hydroxyl groups is 1. The average Bonchev–Trinajstić information content (AvgIpc) is 2.44. The van der Waals surface area contributed by atoms with Gasteiger partial charge in [0.1, 0.15) is 11.8 Å². The summed E-state index contributed by atoms with van der Waals surface area (Å²) < 4.78 is 26.0. The Morgan fingerprint density at radius 3 is 2.26 bits per heavy atom. The van der Waals surface area contributed by atoms with Crippen molar-refractivity contribution in [1.29, 1.82) is 0 Å². The standard InChI is InChI=1S/C14H11F2NO2/c15-11-7-6-10(8-12(11)16)14(18)13(17-19)9-4-2-1-3-5-9/h1-8,14,18-19H. The number of hydrogen-bond acceptors (Lipinski definition) is 3. The van der Waals surface area contributed by atoms with Crippen LogP contribution in [0.5, 0.6) is 0 Å². The number of benzene rings is 2. The van der Waals surface area contributed by atoms with E-state index in [2.05, 4.69) is 5.16 Å². The summed E-state index contributed by atoms with van der Waals surface area (Å²) in [6.07, 6.45) is -1.34. The predicted octanol–water partition coefficient (Wildman–Crippen LogP) is 2.88. The van der Waals surface area contributed by atoms with E-state index in [0.717, 1.165) is 12.1 Å². The number of oxime groups is 1. The predicted molar refractivity (Wildman–Crippen MR) is 66.1 cm³/mol. The van der Waals surface area contributed by atoms with E-state index in [-0.39, 0.29) is 11.3 Å². The third-order valence-electron chi connectivity index (χ3n) is 2.70. The molecule has 0 aliphatic rings. The van der Waals surface area contributed by atoms with Crippen molar-refractivity contribution in [2.24, 2.45) is 5.16 Å². The molecule has 5 heteroatoms. The maximum atomic E-state index is 13.1. The first-order valence-corrected chi connectivity index (χ1v) is 5.54. The molecule has 0 spiro atoms. The second-order valence-electron chi connectivity index (χ2n) is 3.93. The third-order valence-corrected chi connectivity index (χ3v) is 2.70. The van der Waals surface area contributed by atoms with Gasteiger partial charge in [-0.3, -0.25) is 0 Å². The van der Waals surface area contributed by atoms with Crippen molar-refractivity contribution >= 4 is 5.71 Å². The molecule has 0 fully saturated rings. The summed E-state index contributed by atoms with van der Waals surface area (Å²) in [7, 11) is 0. The molecule has 1 unspecified atom stereocenters. The van der Waals surface area contributed by atoms with Crippen LogP contribution in [0.3, 0.4) is 0 Å². The molecule has 19 heavy (non-hydrogen) atoms. The SMILES string of the molecule is ON=C(c1ccccc1)C(O)c1ccc(F)c(F)c1. The van der Waals surface area contributed by atoms with E-state index in [9.17, 15) is 13.9 Å². The van der Waals surface area contributed by atoms with Gasteiger partial charge in [-0.2, -0.15) is 0 Å². The highest BCUT2D eigenvalue weighted by molar-refractivity contribution is 6.03. The molecular formula is C14H11F2NO2. The highest BCUT2D eigenvalue weighted by Gasteiger charge is 2.19. The summed E-state index contributed by atoms with van der Waals surface area (Å²) in [4.78, 5) is 0. The average molecular weight is 263 g/mol.